The fourth-order valence-corrected chi connectivity index (χ4v) is 1.50. The number of rotatable bonds is 8. The van der Waals surface area contributed by atoms with Crippen LogP contribution in [0.25, 0.3) is 0 Å². The van der Waals surface area contributed by atoms with Gasteiger partial charge in [0.1, 0.15) is 6.04 Å². The Balaban J connectivity index is 4.35. The third kappa shape index (κ3) is 6.01. The van der Waals surface area contributed by atoms with Crippen molar-refractivity contribution in [2.75, 3.05) is 6.54 Å². The molecule has 0 radical (unpaired) electrons. The van der Waals surface area contributed by atoms with Gasteiger partial charge in [0.2, 0.25) is 11.8 Å². The van der Waals surface area contributed by atoms with E-state index in [-0.39, 0.29) is 18.4 Å². The first-order chi connectivity index (χ1) is 9.20. The monoisotopic (exact) mass is 287 g/mol. The molecule has 5 N–H and O–H groups in total. The highest BCUT2D eigenvalue weighted by atomic mass is 16.4. The van der Waals surface area contributed by atoms with Gasteiger partial charge in [-0.1, -0.05) is 34.1 Å². The number of carbonyl (C=O) groups excluding carboxylic acids is 2. The van der Waals surface area contributed by atoms with Gasteiger partial charge in [0, 0.05) is 0 Å². The highest BCUT2D eigenvalue weighted by Gasteiger charge is 2.25. The predicted octanol–water partition coefficient (Wildman–Crippen LogP) is -0.299. The maximum absolute atomic E-state index is 11.6. The van der Waals surface area contributed by atoms with Gasteiger partial charge in [-0.05, 0) is 11.8 Å². The molecule has 20 heavy (non-hydrogen) atoms. The first-order valence-electron chi connectivity index (χ1n) is 6.76. The third-order valence-electron chi connectivity index (χ3n) is 3.24. The molecule has 0 aromatic carbocycles. The second-order valence-electron chi connectivity index (χ2n) is 5.26. The van der Waals surface area contributed by atoms with Gasteiger partial charge in [0.15, 0.2) is 0 Å². The van der Waals surface area contributed by atoms with E-state index in [1.165, 1.54) is 0 Å². The first kappa shape index (κ1) is 18.4. The summed E-state index contributed by atoms with van der Waals surface area (Å²) in [7, 11) is 0. The summed E-state index contributed by atoms with van der Waals surface area (Å²) in [5.41, 5.74) is 5.63. The Morgan fingerprint density at radius 3 is 2.15 bits per heavy atom. The van der Waals surface area contributed by atoms with E-state index in [0.29, 0.717) is 6.42 Å². The molecule has 2 amide bonds. The third-order valence-corrected chi connectivity index (χ3v) is 3.24. The molecule has 0 spiro atoms. The first-order valence-corrected chi connectivity index (χ1v) is 6.76. The molecule has 0 aromatic heterocycles. The molecule has 1 unspecified atom stereocenters. The topological polar surface area (TPSA) is 122 Å². The van der Waals surface area contributed by atoms with Crippen LogP contribution >= 0.6 is 0 Å². The molecular formula is C13H25N3O4. The van der Waals surface area contributed by atoms with Gasteiger partial charge in [-0.15, -0.1) is 0 Å². The van der Waals surface area contributed by atoms with Crippen LogP contribution in [0.3, 0.4) is 0 Å². The van der Waals surface area contributed by atoms with Crippen LogP contribution in [-0.4, -0.2) is 41.5 Å². The fourth-order valence-electron chi connectivity index (χ4n) is 1.50. The van der Waals surface area contributed by atoms with Crippen molar-refractivity contribution in [2.24, 2.45) is 17.6 Å². The van der Waals surface area contributed by atoms with E-state index in [0.717, 1.165) is 0 Å². The highest BCUT2D eigenvalue weighted by Crippen LogP contribution is 2.07. The molecule has 116 valence electrons. The van der Waals surface area contributed by atoms with Gasteiger partial charge in [0.25, 0.3) is 0 Å². The van der Waals surface area contributed by atoms with Crippen LogP contribution in [-0.2, 0) is 14.4 Å². The van der Waals surface area contributed by atoms with Gasteiger partial charge >= 0.3 is 5.97 Å². The minimum atomic E-state index is -1.09. The van der Waals surface area contributed by atoms with Crippen molar-refractivity contribution in [1.82, 2.24) is 10.6 Å². The number of hydrogen-bond acceptors (Lipinski definition) is 4. The molecule has 0 fully saturated rings. The van der Waals surface area contributed by atoms with E-state index in [2.05, 4.69) is 10.6 Å². The van der Waals surface area contributed by atoms with Gasteiger partial charge < -0.3 is 21.5 Å². The molecule has 0 aromatic rings. The lowest BCUT2D eigenvalue weighted by atomic mass is 9.99. The number of nitrogens with two attached hydrogens (primary N) is 1. The van der Waals surface area contributed by atoms with Crippen molar-refractivity contribution in [2.45, 2.75) is 46.2 Å². The van der Waals surface area contributed by atoms with Crippen LogP contribution in [0, 0.1) is 11.8 Å². The fraction of sp³-hybridized carbons (Fsp3) is 0.769. The number of carboxylic acid groups (broad SMARTS) is 1. The maximum Gasteiger partial charge on any atom is 0.326 e. The standard InChI is InChI=1S/C13H25N3O4/c1-5-8(4)11(13(19)20)16-9(17)6-15-12(18)10(14)7(2)3/h7-8,10-11H,5-6,14H2,1-4H3,(H,15,18)(H,16,17)(H,19,20)/t8?,10-,11-/m0/s1. The molecule has 0 rings (SSSR count). The number of hydrogen-bond donors (Lipinski definition) is 4. The zero-order chi connectivity index (χ0) is 15.9. The minimum absolute atomic E-state index is 0.0371. The number of carbonyl (C=O) groups is 3. The Morgan fingerprint density at radius 1 is 1.20 bits per heavy atom. The van der Waals surface area contributed by atoms with Crippen LogP contribution in [0.1, 0.15) is 34.1 Å². The van der Waals surface area contributed by atoms with Crippen molar-refractivity contribution in [3.05, 3.63) is 0 Å². The normalized spacial score (nSPS) is 15.3. The number of nitrogens with one attached hydrogen (secondary N) is 2. The van der Waals surface area contributed by atoms with Crippen molar-refractivity contribution in [3.63, 3.8) is 0 Å². The van der Waals surface area contributed by atoms with Crippen LogP contribution < -0.4 is 16.4 Å². The van der Waals surface area contributed by atoms with Crippen LogP contribution in [0.15, 0.2) is 0 Å². The molecule has 3 atom stereocenters. The van der Waals surface area contributed by atoms with Crippen LogP contribution in [0.5, 0.6) is 0 Å². The number of amides is 2. The van der Waals surface area contributed by atoms with E-state index in [1.807, 2.05) is 6.92 Å². The number of carboxylic acids is 1. The Morgan fingerprint density at radius 2 is 1.75 bits per heavy atom. The zero-order valence-corrected chi connectivity index (χ0v) is 12.5. The summed E-state index contributed by atoms with van der Waals surface area (Å²) in [5.74, 6) is -2.28. The van der Waals surface area contributed by atoms with Gasteiger partial charge in [-0.3, -0.25) is 9.59 Å². The summed E-state index contributed by atoms with van der Waals surface area (Å²) in [6, 6.07) is -1.64. The van der Waals surface area contributed by atoms with Crippen molar-refractivity contribution in [3.8, 4) is 0 Å². The second kappa shape index (κ2) is 8.52. The van der Waals surface area contributed by atoms with Crippen molar-refractivity contribution < 1.29 is 19.5 Å². The van der Waals surface area contributed by atoms with Crippen molar-refractivity contribution in [1.29, 1.82) is 0 Å². The molecule has 0 saturated heterocycles. The molecular weight excluding hydrogens is 262 g/mol. The SMILES string of the molecule is CCC(C)[C@H](NC(=O)CNC(=O)[C@@H](N)C(C)C)C(=O)O. The molecule has 0 aliphatic heterocycles. The summed E-state index contributed by atoms with van der Waals surface area (Å²) in [5, 5.41) is 13.8. The second-order valence-corrected chi connectivity index (χ2v) is 5.26. The summed E-state index contributed by atoms with van der Waals surface area (Å²) < 4.78 is 0. The Labute approximate surface area is 119 Å². The molecule has 0 bridgehead atoms. The molecule has 0 aliphatic carbocycles. The average Bonchev–Trinajstić information content (AvgIpc) is 2.39. The molecule has 7 nitrogen and oxygen atoms in total. The summed E-state index contributed by atoms with van der Waals surface area (Å²) in [6.45, 7) is 6.91. The van der Waals surface area contributed by atoms with E-state index in [1.54, 1.807) is 20.8 Å². The minimum Gasteiger partial charge on any atom is -0.480 e. The molecule has 7 heteroatoms. The smallest absolute Gasteiger partial charge is 0.326 e. The average molecular weight is 287 g/mol. The molecule has 0 heterocycles. The zero-order valence-electron chi connectivity index (χ0n) is 12.5. The van der Waals surface area contributed by atoms with E-state index >= 15 is 0 Å². The summed E-state index contributed by atoms with van der Waals surface area (Å²) >= 11 is 0. The number of aliphatic carboxylic acids is 1. The Hall–Kier alpha value is -1.63. The predicted molar refractivity (Wildman–Crippen MR) is 74.8 cm³/mol. The quantitative estimate of drug-likeness (QED) is 0.488. The van der Waals surface area contributed by atoms with Gasteiger partial charge in [-0.25, -0.2) is 4.79 Å². The van der Waals surface area contributed by atoms with Gasteiger partial charge in [-0.2, -0.15) is 0 Å². The summed E-state index contributed by atoms with van der Waals surface area (Å²) in [4.78, 5) is 34.3. The van der Waals surface area contributed by atoms with E-state index < -0.39 is 29.9 Å². The highest BCUT2D eigenvalue weighted by molar-refractivity contribution is 5.89. The molecule has 0 saturated carbocycles. The summed E-state index contributed by atoms with van der Waals surface area (Å²) in [6.07, 6.45) is 0.627. The van der Waals surface area contributed by atoms with E-state index in [9.17, 15) is 14.4 Å². The Kier molecular flexibility index (Phi) is 7.83. The maximum atomic E-state index is 11.6. The van der Waals surface area contributed by atoms with Gasteiger partial charge in [0.05, 0.1) is 12.6 Å². The van der Waals surface area contributed by atoms with Crippen LogP contribution in [0.4, 0.5) is 0 Å². The Bertz CT molecular complexity index is 358. The lowest BCUT2D eigenvalue weighted by Gasteiger charge is -2.20. The van der Waals surface area contributed by atoms with Crippen LogP contribution in [0.2, 0.25) is 0 Å². The lowest BCUT2D eigenvalue weighted by molar-refractivity contribution is -0.143. The lowest BCUT2D eigenvalue weighted by Crippen LogP contribution is -2.51. The molecule has 0 aliphatic rings. The van der Waals surface area contributed by atoms with E-state index in [4.69, 9.17) is 10.8 Å². The largest absolute Gasteiger partial charge is 0.480 e. The van der Waals surface area contributed by atoms with Crippen molar-refractivity contribution >= 4 is 17.8 Å².